The van der Waals surface area contributed by atoms with Gasteiger partial charge in [0.15, 0.2) is 0 Å². The highest BCUT2D eigenvalue weighted by atomic mass is 16.5. The lowest BCUT2D eigenvalue weighted by atomic mass is 9.99. The van der Waals surface area contributed by atoms with Gasteiger partial charge in [0.25, 0.3) is 0 Å². The van der Waals surface area contributed by atoms with E-state index in [1.807, 2.05) is 6.07 Å². The number of hydrogen-bond donors (Lipinski definition) is 2. The van der Waals surface area contributed by atoms with E-state index in [1.165, 1.54) is 7.11 Å². The predicted molar refractivity (Wildman–Crippen MR) is 83.1 cm³/mol. The number of ether oxygens (including phenoxy) is 1. The zero-order valence-electron chi connectivity index (χ0n) is 12.2. The highest BCUT2D eigenvalue weighted by molar-refractivity contribution is 5.95. The smallest absolute Gasteiger partial charge is 0.339 e. The van der Waals surface area contributed by atoms with Crippen LogP contribution in [0.2, 0.25) is 0 Å². The summed E-state index contributed by atoms with van der Waals surface area (Å²) in [4.78, 5) is 23.2. The molecule has 114 valence electrons. The third-order valence-electron chi connectivity index (χ3n) is 3.33. The number of carbonyl (C=O) groups is 2. The van der Waals surface area contributed by atoms with E-state index in [1.54, 1.807) is 48.5 Å². The summed E-state index contributed by atoms with van der Waals surface area (Å²) in [5.74, 6) is -2.09. The third kappa shape index (κ3) is 3.63. The molecule has 2 aromatic carbocycles. The predicted octanol–water partition coefficient (Wildman–Crippen LogP) is 2.75. The lowest BCUT2D eigenvalue weighted by Crippen LogP contribution is -2.21. The standard InChI is InChI=1S/C17H17NO4/c1-22-17(21)13-9-5-6-10-15(13)18-11-14(16(19)20)12-7-3-2-4-8-12/h2-10,14,18H,11H2,1H3,(H,19,20). The van der Waals surface area contributed by atoms with E-state index in [0.717, 1.165) is 0 Å². The van der Waals surface area contributed by atoms with E-state index >= 15 is 0 Å². The van der Waals surface area contributed by atoms with Crippen LogP contribution < -0.4 is 5.32 Å². The Balaban J connectivity index is 2.17. The van der Waals surface area contributed by atoms with Crippen molar-refractivity contribution >= 4 is 17.6 Å². The first-order chi connectivity index (χ1) is 10.6. The molecule has 0 heterocycles. The molecule has 1 unspecified atom stereocenters. The second kappa shape index (κ2) is 7.26. The fraction of sp³-hybridized carbons (Fsp3) is 0.176. The van der Waals surface area contributed by atoms with Gasteiger partial charge in [-0.1, -0.05) is 42.5 Å². The molecule has 0 saturated heterocycles. The molecular weight excluding hydrogens is 282 g/mol. The molecule has 0 aliphatic rings. The Morgan fingerprint density at radius 3 is 2.36 bits per heavy atom. The Kier molecular flexibility index (Phi) is 5.14. The van der Waals surface area contributed by atoms with E-state index in [2.05, 4.69) is 5.32 Å². The zero-order valence-corrected chi connectivity index (χ0v) is 12.2. The average molecular weight is 299 g/mol. The number of carboxylic acids is 1. The second-order valence-corrected chi connectivity index (χ2v) is 4.72. The van der Waals surface area contributed by atoms with Gasteiger partial charge in [0.1, 0.15) is 0 Å². The maximum Gasteiger partial charge on any atom is 0.339 e. The molecule has 2 rings (SSSR count). The fourth-order valence-corrected chi connectivity index (χ4v) is 2.17. The minimum absolute atomic E-state index is 0.174. The minimum Gasteiger partial charge on any atom is -0.481 e. The Labute approximate surface area is 128 Å². The van der Waals surface area contributed by atoms with Crippen molar-refractivity contribution < 1.29 is 19.4 Å². The number of aliphatic carboxylic acids is 1. The summed E-state index contributed by atoms with van der Waals surface area (Å²) in [6.45, 7) is 0.174. The van der Waals surface area contributed by atoms with Crippen LogP contribution in [-0.4, -0.2) is 30.7 Å². The lowest BCUT2D eigenvalue weighted by Gasteiger charge is -2.16. The van der Waals surface area contributed by atoms with Gasteiger partial charge in [-0.3, -0.25) is 4.79 Å². The lowest BCUT2D eigenvalue weighted by molar-refractivity contribution is -0.138. The number of para-hydroxylation sites is 1. The van der Waals surface area contributed by atoms with Crippen LogP contribution in [0.1, 0.15) is 21.8 Å². The van der Waals surface area contributed by atoms with Crippen LogP contribution in [0.4, 0.5) is 5.69 Å². The first kappa shape index (κ1) is 15.6. The van der Waals surface area contributed by atoms with Gasteiger partial charge in [0.2, 0.25) is 0 Å². The Morgan fingerprint density at radius 1 is 1.09 bits per heavy atom. The van der Waals surface area contributed by atoms with Crippen LogP contribution in [0.5, 0.6) is 0 Å². The van der Waals surface area contributed by atoms with E-state index in [-0.39, 0.29) is 6.54 Å². The summed E-state index contributed by atoms with van der Waals surface area (Å²) in [7, 11) is 1.31. The highest BCUT2D eigenvalue weighted by Gasteiger charge is 2.20. The molecule has 0 amide bonds. The van der Waals surface area contributed by atoms with Crippen LogP contribution in [0.15, 0.2) is 54.6 Å². The minimum atomic E-state index is -0.922. The molecule has 22 heavy (non-hydrogen) atoms. The number of benzene rings is 2. The number of carbonyl (C=O) groups excluding carboxylic acids is 1. The molecular formula is C17H17NO4. The summed E-state index contributed by atoms with van der Waals surface area (Å²) in [5, 5.41) is 12.4. The van der Waals surface area contributed by atoms with Crippen molar-refractivity contribution in [3.8, 4) is 0 Å². The molecule has 0 radical (unpaired) electrons. The maximum atomic E-state index is 11.7. The normalized spacial score (nSPS) is 11.5. The molecule has 5 nitrogen and oxygen atoms in total. The quantitative estimate of drug-likeness (QED) is 0.802. The van der Waals surface area contributed by atoms with Crippen molar-refractivity contribution in [1.82, 2.24) is 0 Å². The van der Waals surface area contributed by atoms with Gasteiger partial charge in [-0.15, -0.1) is 0 Å². The Bertz CT molecular complexity index is 655. The molecule has 0 aliphatic heterocycles. The average Bonchev–Trinajstić information content (AvgIpc) is 2.55. The number of nitrogens with one attached hydrogen (secondary N) is 1. The van der Waals surface area contributed by atoms with Crippen molar-refractivity contribution in [2.24, 2.45) is 0 Å². The van der Waals surface area contributed by atoms with Gasteiger partial charge in [0, 0.05) is 12.2 Å². The third-order valence-corrected chi connectivity index (χ3v) is 3.33. The van der Waals surface area contributed by atoms with Crippen LogP contribution in [-0.2, 0) is 9.53 Å². The van der Waals surface area contributed by atoms with Crippen LogP contribution in [0.25, 0.3) is 0 Å². The molecule has 2 N–H and O–H groups in total. The molecule has 1 atom stereocenters. The van der Waals surface area contributed by atoms with Gasteiger partial charge in [-0.25, -0.2) is 4.79 Å². The van der Waals surface area contributed by atoms with Crippen LogP contribution >= 0.6 is 0 Å². The summed E-state index contributed by atoms with van der Waals surface area (Å²) in [6, 6.07) is 15.8. The summed E-state index contributed by atoms with van der Waals surface area (Å²) in [6.07, 6.45) is 0. The second-order valence-electron chi connectivity index (χ2n) is 4.72. The van der Waals surface area contributed by atoms with Crippen molar-refractivity contribution in [3.05, 3.63) is 65.7 Å². The summed E-state index contributed by atoms with van der Waals surface area (Å²) < 4.78 is 4.72. The fourth-order valence-electron chi connectivity index (χ4n) is 2.17. The number of methoxy groups -OCH3 is 1. The SMILES string of the molecule is COC(=O)c1ccccc1NCC(C(=O)O)c1ccccc1. The molecule has 0 bridgehead atoms. The van der Waals surface area contributed by atoms with Gasteiger partial charge in [-0.2, -0.15) is 0 Å². The molecule has 2 aromatic rings. The zero-order chi connectivity index (χ0) is 15.9. The first-order valence-corrected chi connectivity index (χ1v) is 6.82. The van der Waals surface area contributed by atoms with Crippen LogP contribution in [0, 0.1) is 0 Å². The van der Waals surface area contributed by atoms with Gasteiger partial charge < -0.3 is 15.2 Å². The molecule has 0 aliphatic carbocycles. The van der Waals surface area contributed by atoms with Gasteiger partial charge in [-0.05, 0) is 17.7 Å². The number of esters is 1. The van der Waals surface area contributed by atoms with Crippen molar-refractivity contribution in [3.63, 3.8) is 0 Å². The number of carboxylic acid groups (broad SMARTS) is 1. The van der Waals surface area contributed by atoms with Crippen molar-refractivity contribution in [2.75, 3.05) is 19.0 Å². The van der Waals surface area contributed by atoms with Gasteiger partial charge in [0.05, 0.1) is 18.6 Å². The molecule has 0 spiro atoms. The van der Waals surface area contributed by atoms with E-state index in [9.17, 15) is 14.7 Å². The number of rotatable bonds is 6. The topological polar surface area (TPSA) is 75.6 Å². The maximum absolute atomic E-state index is 11.7. The van der Waals surface area contributed by atoms with E-state index in [4.69, 9.17) is 4.74 Å². The van der Waals surface area contributed by atoms with Crippen LogP contribution in [0.3, 0.4) is 0 Å². The number of anilines is 1. The molecule has 0 aromatic heterocycles. The van der Waals surface area contributed by atoms with E-state index < -0.39 is 17.9 Å². The van der Waals surface area contributed by atoms with E-state index in [0.29, 0.717) is 16.8 Å². The first-order valence-electron chi connectivity index (χ1n) is 6.82. The summed E-state index contributed by atoms with van der Waals surface area (Å²) in [5.41, 5.74) is 1.64. The van der Waals surface area contributed by atoms with Crippen molar-refractivity contribution in [2.45, 2.75) is 5.92 Å². The number of hydrogen-bond acceptors (Lipinski definition) is 4. The molecule has 0 saturated carbocycles. The Hall–Kier alpha value is -2.82. The van der Waals surface area contributed by atoms with Gasteiger partial charge >= 0.3 is 11.9 Å². The largest absolute Gasteiger partial charge is 0.481 e. The molecule has 0 fully saturated rings. The molecule has 5 heteroatoms. The monoisotopic (exact) mass is 299 g/mol. The highest BCUT2D eigenvalue weighted by Crippen LogP contribution is 2.20. The Morgan fingerprint density at radius 2 is 1.73 bits per heavy atom. The van der Waals surface area contributed by atoms with Crippen molar-refractivity contribution in [1.29, 1.82) is 0 Å². The summed E-state index contributed by atoms with van der Waals surface area (Å²) >= 11 is 0.